The number of halogens is 1. The lowest BCUT2D eigenvalue weighted by molar-refractivity contribution is -0.142. The molecule has 4 rings (SSSR count). The zero-order valence-electron chi connectivity index (χ0n) is 20.6. The lowest BCUT2D eigenvalue weighted by Crippen LogP contribution is -2.07. The summed E-state index contributed by atoms with van der Waals surface area (Å²) < 4.78 is 7.32. The minimum atomic E-state index is -1.19. The highest BCUT2D eigenvalue weighted by molar-refractivity contribution is 6.31. The number of ether oxygens (including phenoxy) is 1. The number of para-hydroxylation sites is 1. The summed E-state index contributed by atoms with van der Waals surface area (Å²) in [5.41, 5.74) is 3.55. The zero-order valence-corrected chi connectivity index (χ0v) is 21.4. The molecule has 4 aromatic rings. The highest BCUT2D eigenvalue weighted by Gasteiger charge is 2.16. The van der Waals surface area contributed by atoms with Crippen molar-refractivity contribution < 1.29 is 29.3 Å². The summed E-state index contributed by atoms with van der Waals surface area (Å²) >= 11 is 5.58. The van der Waals surface area contributed by atoms with Gasteiger partial charge in [0.05, 0.1) is 24.2 Å². The van der Waals surface area contributed by atoms with Crippen molar-refractivity contribution in [3.05, 3.63) is 106 Å². The van der Waals surface area contributed by atoms with Gasteiger partial charge < -0.3 is 19.5 Å². The third-order valence-corrected chi connectivity index (χ3v) is 6.05. The average molecular weight is 522 g/mol. The second kappa shape index (κ2) is 12.7. The van der Waals surface area contributed by atoms with Gasteiger partial charge in [-0.15, -0.1) is 0 Å². The Balaban J connectivity index is 0.000000233. The van der Waals surface area contributed by atoms with Crippen LogP contribution in [0, 0.1) is 6.92 Å². The van der Waals surface area contributed by atoms with E-state index in [1.165, 1.54) is 30.1 Å². The van der Waals surface area contributed by atoms with Gasteiger partial charge in [-0.3, -0.25) is 4.79 Å². The van der Waals surface area contributed by atoms with Gasteiger partial charge in [0, 0.05) is 28.7 Å². The van der Waals surface area contributed by atoms with Crippen molar-refractivity contribution in [1.29, 1.82) is 0 Å². The first-order chi connectivity index (χ1) is 17.7. The van der Waals surface area contributed by atoms with E-state index >= 15 is 0 Å². The maximum absolute atomic E-state index is 11.8. The van der Waals surface area contributed by atoms with Crippen LogP contribution < -0.4 is 0 Å². The fourth-order valence-corrected chi connectivity index (χ4v) is 4.25. The molecule has 192 valence electrons. The summed E-state index contributed by atoms with van der Waals surface area (Å²) in [6.07, 6.45) is 3.38. The summed E-state index contributed by atoms with van der Waals surface area (Å²) in [4.78, 5) is 33.2. The Labute approximate surface area is 219 Å². The van der Waals surface area contributed by atoms with Gasteiger partial charge in [0.25, 0.3) is 0 Å². The van der Waals surface area contributed by atoms with Gasteiger partial charge in [-0.1, -0.05) is 60.1 Å². The quantitative estimate of drug-likeness (QED) is 0.274. The summed E-state index contributed by atoms with van der Waals surface area (Å²) in [5, 5.41) is 18.7. The van der Waals surface area contributed by atoms with Crippen molar-refractivity contribution in [2.24, 2.45) is 0 Å². The van der Waals surface area contributed by atoms with E-state index in [1.807, 2.05) is 25.1 Å². The van der Waals surface area contributed by atoms with Gasteiger partial charge in [-0.25, -0.2) is 9.59 Å². The summed E-state index contributed by atoms with van der Waals surface area (Å²) in [6, 6.07) is 21.1. The van der Waals surface area contributed by atoms with Crippen LogP contribution in [0.4, 0.5) is 0 Å². The third-order valence-electron chi connectivity index (χ3n) is 5.83. The number of rotatable bonds is 8. The van der Waals surface area contributed by atoms with Crippen LogP contribution >= 0.6 is 11.6 Å². The lowest BCUT2D eigenvalue weighted by Gasteiger charge is -2.05. The standard InChI is InChI=1S/C20H21NO2.C9H7ClO4/c1-2-23-20(22)14-17-15-21(19-11-7-6-10-18(17)19)13-12-16-8-4-3-5-9-16;1-4-6(8(11)12)2-5(10)3-7(4)9(13)14/h3-11,15H,2,12-14H2,1H3;2-3H,1H3,(H,11,12)(H,13,14). The predicted molar refractivity (Wildman–Crippen MR) is 143 cm³/mol. The molecule has 0 radical (unpaired) electrons. The summed E-state index contributed by atoms with van der Waals surface area (Å²) in [6.45, 7) is 4.59. The number of carbonyl (C=O) groups is 3. The van der Waals surface area contributed by atoms with Crippen molar-refractivity contribution in [1.82, 2.24) is 4.57 Å². The Morgan fingerprint density at radius 2 is 1.51 bits per heavy atom. The molecular weight excluding hydrogens is 494 g/mol. The average Bonchev–Trinajstić information content (AvgIpc) is 3.22. The van der Waals surface area contributed by atoms with Crippen molar-refractivity contribution >= 4 is 40.4 Å². The molecule has 0 aliphatic rings. The van der Waals surface area contributed by atoms with Crippen LogP contribution in [0.3, 0.4) is 0 Å². The Bertz CT molecular complexity index is 1380. The number of aromatic nitrogens is 1. The number of hydrogen-bond acceptors (Lipinski definition) is 4. The van der Waals surface area contributed by atoms with Crippen molar-refractivity contribution in [2.45, 2.75) is 33.2 Å². The summed E-state index contributed by atoms with van der Waals surface area (Å²) in [7, 11) is 0. The largest absolute Gasteiger partial charge is 0.478 e. The maximum atomic E-state index is 11.8. The van der Waals surface area contributed by atoms with E-state index in [-0.39, 0.29) is 27.7 Å². The molecule has 1 heterocycles. The molecule has 2 N–H and O–H groups in total. The van der Waals surface area contributed by atoms with Gasteiger partial charge in [-0.05, 0) is 55.2 Å². The van der Waals surface area contributed by atoms with Crippen molar-refractivity contribution in [3.8, 4) is 0 Å². The predicted octanol–water partition coefficient (Wildman–Crippen LogP) is 6.03. The Kier molecular flexibility index (Phi) is 9.46. The van der Waals surface area contributed by atoms with Gasteiger partial charge >= 0.3 is 17.9 Å². The molecule has 8 heteroatoms. The fraction of sp³-hybridized carbons (Fsp3) is 0.207. The number of aryl methyl sites for hydroxylation is 2. The maximum Gasteiger partial charge on any atom is 0.336 e. The van der Waals surface area contributed by atoms with Gasteiger partial charge in [-0.2, -0.15) is 0 Å². The Morgan fingerprint density at radius 3 is 2.11 bits per heavy atom. The van der Waals surface area contributed by atoms with Crippen molar-refractivity contribution in [2.75, 3.05) is 6.61 Å². The number of aromatic carboxylic acids is 2. The molecule has 0 aliphatic carbocycles. The second-order valence-corrected chi connectivity index (χ2v) is 8.75. The number of carboxylic acid groups (broad SMARTS) is 2. The number of carboxylic acids is 2. The van der Waals surface area contributed by atoms with Crippen LogP contribution in [0.1, 0.15) is 44.3 Å². The van der Waals surface area contributed by atoms with E-state index in [1.54, 1.807) is 0 Å². The number of esters is 1. The smallest absolute Gasteiger partial charge is 0.336 e. The van der Waals surface area contributed by atoms with E-state index in [4.69, 9.17) is 26.6 Å². The number of benzene rings is 3. The van der Waals surface area contributed by atoms with E-state index in [2.05, 4.69) is 47.2 Å². The molecule has 7 nitrogen and oxygen atoms in total. The minimum absolute atomic E-state index is 0.0881. The SMILES string of the molecule is CCOC(=O)Cc1cn(CCc2ccccc2)c2ccccc12.Cc1c(C(=O)O)cc(Cl)cc1C(=O)O. The molecule has 0 spiro atoms. The molecule has 0 saturated heterocycles. The van der Waals surface area contributed by atoms with Crippen LogP contribution in [-0.2, 0) is 28.9 Å². The molecule has 0 saturated carbocycles. The van der Waals surface area contributed by atoms with E-state index in [9.17, 15) is 14.4 Å². The van der Waals surface area contributed by atoms with Crippen LogP contribution in [0.25, 0.3) is 10.9 Å². The molecule has 0 atom stereocenters. The molecule has 3 aromatic carbocycles. The molecular formula is C29H28ClNO6. The fourth-order valence-electron chi connectivity index (χ4n) is 4.03. The Hall–Kier alpha value is -4.10. The van der Waals surface area contributed by atoms with Crippen LogP contribution in [-0.4, -0.2) is 39.3 Å². The first-order valence-corrected chi connectivity index (χ1v) is 12.1. The highest BCUT2D eigenvalue weighted by atomic mass is 35.5. The third kappa shape index (κ3) is 7.21. The normalized spacial score (nSPS) is 10.5. The molecule has 0 bridgehead atoms. The first-order valence-electron chi connectivity index (χ1n) is 11.7. The summed E-state index contributed by atoms with van der Waals surface area (Å²) in [5.74, 6) is -2.54. The van der Waals surface area contributed by atoms with Gasteiger partial charge in [0.15, 0.2) is 0 Å². The van der Waals surface area contributed by atoms with Crippen LogP contribution in [0.5, 0.6) is 0 Å². The van der Waals surface area contributed by atoms with E-state index in [0.29, 0.717) is 13.0 Å². The monoisotopic (exact) mass is 521 g/mol. The highest BCUT2D eigenvalue weighted by Crippen LogP contribution is 2.23. The van der Waals surface area contributed by atoms with E-state index in [0.717, 1.165) is 23.9 Å². The number of hydrogen-bond donors (Lipinski definition) is 2. The van der Waals surface area contributed by atoms with E-state index < -0.39 is 11.9 Å². The van der Waals surface area contributed by atoms with Crippen LogP contribution in [0.15, 0.2) is 72.9 Å². The zero-order chi connectivity index (χ0) is 26.9. The molecule has 0 fully saturated rings. The number of nitrogens with zero attached hydrogens (tertiary/aromatic N) is 1. The molecule has 0 amide bonds. The molecule has 1 aromatic heterocycles. The Morgan fingerprint density at radius 1 is 0.919 bits per heavy atom. The first kappa shape index (κ1) is 27.5. The number of fused-ring (bicyclic) bond motifs is 1. The molecule has 0 aliphatic heterocycles. The van der Waals surface area contributed by atoms with Crippen molar-refractivity contribution in [3.63, 3.8) is 0 Å². The molecule has 37 heavy (non-hydrogen) atoms. The molecule has 0 unspecified atom stereocenters. The number of carbonyl (C=O) groups excluding carboxylic acids is 1. The van der Waals surface area contributed by atoms with Gasteiger partial charge in [0.1, 0.15) is 0 Å². The van der Waals surface area contributed by atoms with Gasteiger partial charge in [0.2, 0.25) is 0 Å². The topological polar surface area (TPSA) is 106 Å². The second-order valence-electron chi connectivity index (χ2n) is 8.32. The minimum Gasteiger partial charge on any atom is -0.478 e. The van der Waals surface area contributed by atoms with Crippen LogP contribution in [0.2, 0.25) is 5.02 Å². The lowest BCUT2D eigenvalue weighted by atomic mass is 10.0.